The highest BCUT2D eigenvalue weighted by Crippen LogP contribution is 2.28. The normalized spacial score (nSPS) is 14.5. The predicted molar refractivity (Wildman–Crippen MR) is 134 cm³/mol. The summed E-state index contributed by atoms with van der Waals surface area (Å²) in [5.41, 5.74) is 3.48. The van der Waals surface area contributed by atoms with Crippen molar-refractivity contribution in [1.29, 1.82) is 0 Å². The Morgan fingerprint density at radius 3 is 2.21 bits per heavy atom. The standard InChI is InChI=1S/C27H30N6/c1-2-9-22-19-28-27(29-20-22)33-15-8-14-32(16-17-33)26-24-13-7-6-12-23(24)25(30-31-26)18-21-10-4-3-5-11-21/h3-7,10-13,19-20H,2,8-9,14-18H2,1H3. The van der Waals surface area contributed by atoms with Crippen LogP contribution in [0.3, 0.4) is 0 Å². The minimum Gasteiger partial charge on any atom is -0.353 e. The fourth-order valence-corrected chi connectivity index (χ4v) is 4.56. The van der Waals surface area contributed by atoms with E-state index < -0.39 is 0 Å². The molecule has 1 aliphatic rings. The summed E-state index contributed by atoms with van der Waals surface area (Å²) in [5, 5.41) is 11.8. The Morgan fingerprint density at radius 2 is 1.42 bits per heavy atom. The molecular weight excluding hydrogens is 408 g/mol. The van der Waals surface area contributed by atoms with Crippen LogP contribution in [-0.2, 0) is 12.8 Å². The Labute approximate surface area is 195 Å². The van der Waals surface area contributed by atoms with Crippen molar-refractivity contribution in [3.8, 4) is 0 Å². The van der Waals surface area contributed by atoms with Crippen molar-refractivity contribution in [3.63, 3.8) is 0 Å². The number of aryl methyl sites for hydroxylation is 1. The van der Waals surface area contributed by atoms with Crippen molar-refractivity contribution < 1.29 is 0 Å². The molecule has 0 amide bonds. The van der Waals surface area contributed by atoms with Crippen molar-refractivity contribution in [2.75, 3.05) is 36.0 Å². The molecule has 1 fully saturated rings. The van der Waals surface area contributed by atoms with Crippen molar-refractivity contribution >= 4 is 22.5 Å². The van der Waals surface area contributed by atoms with Crippen molar-refractivity contribution in [1.82, 2.24) is 20.2 Å². The lowest BCUT2D eigenvalue weighted by Crippen LogP contribution is -2.32. The third kappa shape index (κ3) is 4.80. The fourth-order valence-electron chi connectivity index (χ4n) is 4.56. The minimum absolute atomic E-state index is 0.785. The molecule has 0 bridgehead atoms. The molecule has 6 heteroatoms. The Kier molecular flexibility index (Phi) is 6.42. The average molecular weight is 439 g/mol. The third-order valence-electron chi connectivity index (χ3n) is 6.27. The van der Waals surface area contributed by atoms with Crippen molar-refractivity contribution in [2.24, 2.45) is 0 Å². The van der Waals surface area contributed by atoms with Gasteiger partial charge in [0.15, 0.2) is 5.82 Å². The van der Waals surface area contributed by atoms with Gasteiger partial charge < -0.3 is 9.80 Å². The zero-order chi connectivity index (χ0) is 22.5. The van der Waals surface area contributed by atoms with Crippen LogP contribution in [0.25, 0.3) is 10.8 Å². The SMILES string of the molecule is CCCc1cnc(N2CCCN(c3nnc(Cc4ccccc4)c4ccccc34)CC2)nc1. The lowest BCUT2D eigenvalue weighted by atomic mass is 10.0. The molecule has 0 aliphatic carbocycles. The van der Waals surface area contributed by atoms with Gasteiger partial charge in [0, 0.05) is 55.8 Å². The molecule has 33 heavy (non-hydrogen) atoms. The molecule has 168 valence electrons. The number of benzene rings is 2. The summed E-state index contributed by atoms with van der Waals surface area (Å²) < 4.78 is 0. The molecule has 5 rings (SSSR count). The van der Waals surface area contributed by atoms with Crippen LogP contribution in [-0.4, -0.2) is 46.3 Å². The first kappa shape index (κ1) is 21.3. The highest BCUT2D eigenvalue weighted by molar-refractivity contribution is 5.93. The molecule has 3 heterocycles. The summed E-state index contributed by atoms with van der Waals surface area (Å²) in [6.07, 6.45) is 7.90. The summed E-state index contributed by atoms with van der Waals surface area (Å²) in [7, 11) is 0. The smallest absolute Gasteiger partial charge is 0.225 e. The van der Waals surface area contributed by atoms with Gasteiger partial charge in [0.05, 0.1) is 5.69 Å². The van der Waals surface area contributed by atoms with Gasteiger partial charge in [-0.2, -0.15) is 5.10 Å². The molecule has 0 atom stereocenters. The molecule has 4 aromatic rings. The second-order valence-electron chi connectivity index (χ2n) is 8.65. The van der Waals surface area contributed by atoms with Gasteiger partial charge >= 0.3 is 0 Å². The maximum absolute atomic E-state index is 4.72. The first-order valence-electron chi connectivity index (χ1n) is 11.9. The molecular formula is C27H30N6. The molecule has 0 N–H and O–H groups in total. The van der Waals surface area contributed by atoms with Crippen molar-refractivity contribution in [3.05, 3.63) is 83.8 Å². The number of anilines is 2. The lowest BCUT2D eigenvalue weighted by molar-refractivity contribution is 0.776. The van der Waals surface area contributed by atoms with E-state index in [9.17, 15) is 0 Å². The fraction of sp³-hybridized carbons (Fsp3) is 0.333. The van der Waals surface area contributed by atoms with Crippen LogP contribution in [0.2, 0.25) is 0 Å². The van der Waals surface area contributed by atoms with Gasteiger partial charge in [-0.15, -0.1) is 5.10 Å². The van der Waals surface area contributed by atoms with E-state index in [0.717, 1.165) is 69.3 Å². The number of fused-ring (bicyclic) bond motifs is 1. The van der Waals surface area contributed by atoms with Gasteiger partial charge in [-0.3, -0.25) is 0 Å². The van der Waals surface area contributed by atoms with Crippen LogP contribution in [0.4, 0.5) is 11.8 Å². The van der Waals surface area contributed by atoms with E-state index in [1.54, 1.807) is 0 Å². The molecule has 2 aromatic heterocycles. The second kappa shape index (κ2) is 9.94. The molecule has 0 spiro atoms. The van der Waals surface area contributed by atoms with E-state index in [4.69, 9.17) is 5.10 Å². The highest BCUT2D eigenvalue weighted by Gasteiger charge is 2.21. The Hall–Kier alpha value is -3.54. The van der Waals surface area contributed by atoms with E-state index in [0.29, 0.717) is 0 Å². The molecule has 2 aromatic carbocycles. The molecule has 0 saturated carbocycles. The zero-order valence-electron chi connectivity index (χ0n) is 19.2. The lowest BCUT2D eigenvalue weighted by Gasteiger charge is -2.24. The zero-order valence-corrected chi connectivity index (χ0v) is 19.2. The number of hydrogen-bond acceptors (Lipinski definition) is 6. The maximum Gasteiger partial charge on any atom is 0.225 e. The number of nitrogens with zero attached hydrogens (tertiary/aromatic N) is 6. The quantitative estimate of drug-likeness (QED) is 0.436. The minimum atomic E-state index is 0.785. The van der Waals surface area contributed by atoms with Gasteiger partial charge in [-0.05, 0) is 24.0 Å². The Bertz CT molecular complexity index is 1190. The summed E-state index contributed by atoms with van der Waals surface area (Å²) in [6, 6.07) is 19.0. The van der Waals surface area contributed by atoms with Crippen LogP contribution >= 0.6 is 0 Å². The molecule has 0 radical (unpaired) electrons. The van der Waals surface area contributed by atoms with E-state index in [2.05, 4.69) is 80.3 Å². The van der Waals surface area contributed by atoms with Crippen LogP contribution < -0.4 is 9.80 Å². The summed E-state index contributed by atoms with van der Waals surface area (Å²) in [4.78, 5) is 13.9. The second-order valence-corrected chi connectivity index (χ2v) is 8.65. The average Bonchev–Trinajstić information content (AvgIpc) is 3.12. The van der Waals surface area contributed by atoms with E-state index in [1.807, 2.05) is 18.5 Å². The van der Waals surface area contributed by atoms with Gasteiger partial charge in [0.1, 0.15) is 0 Å². The largest absolute Gasteiger partial charge is 0.353 e. The van der Waals surface area contributed by atoms with Crippen LogP contribution in [0, 0.1) is 0 Å². The molecule has 0 unspecified atom stereocenters. The number of aromatic nitrogens is 4. The summed E-state index contributed by atoms with van der Waals surface area (Å²) >= 11 is 0. The van der Waals surface area contributed by atoms with Gasteiger partial charge in [0.2, 0.25) is 5.95 Å². The number of rotatable bonds is 6. The van der Waals surface area contributed by atoms with Crippen molar-refractivity contribution in [2.45, 2.75) is 32.6 Å². The van der Waals surface area contributed by atoms with E-state index in [1.165, 1.54) is 21.9 Å². The van der Waals surface area contributed by atoms with E-state index >= 15 is 0 Å². The van der Waals surface area contributed by atoms with Crippen LogP contribution in [0.15, 0.2) is 67.0 Å². The van der Waals surface area contributed by atoms with Crippen LogP contribution in [0.5, 0.6) is 0 Å². The van der Waals surface area contributed by atoms with Gasteiger partial charge in [-0.1, -0.05) is 67.9 Å². The van der Waals surface area contributed by atoms with Gasteiger partial charge in [0.25, 0.3) is 0 Å². The topological polar surface area (TPSA) is 58.0 Å². The third-order valence-corrected chi connectivity index (χ3v) is 6.27. The van der Waals surface area contributed by atoms with Crippen LogP contribution in [0.1, 0.15) is 36.6 Å². The predicted octanol–water partition coefficient (Wildman–Crippen LogP) is 4.68. The highest BCUT2D eigenvalue weighted by atomic mass is 15.3. The Balaban J connectivity index is 1.36. The number of hydrogen-bond donors (Lipinski definition) is 0. The first-order valence-corrected chi connectivity index (χ1v) is 11.9. The van der Waals surface area contributed by atoms with E-state index in [-0.39, 0.29) is 0 Å². The maximum atomic E-state index is 4.72. The monoisotopic (exact) mass is 438 g/mol. The van der Waals surface area contributed by atoms with Gasteiger partial charge in [-0.25, -0.2) is 9.97 Å². The summed E-state index contributed by atoms with van der Waals surface area (Å²) in [6.45, 7) is 5.81. The summed E-state index contributed by atoms with van der Waals surface area (Å²) in [5.74, 6) is 1.80. The molecule has 1 aliphatic heterocycles. The molecule has 1 saturated heterocycles. The Morgan fingerprint density at radius 1 is 0.727 bits per heavy atom. The molecule has 6 nitrogen and oxygen atoms in total. The first-order chi connectivity index (χ1) is 16.3.